The number of aliphatic hydroxyl groups is 3. The Labute approximate surface area is 53.1 Å². The van der Waals surface area contributed by atoms with Gasteiger partial charge in [-0.15, -0.1) is 0 Å². The van der Waals surface area contributed by atoms with Gasteiger partial charge in [0.2, 0.25) is 0 Å². The number of aliphatic hydroxyl groups excluding tert-OH is 3. The molecule has 1 rings (SSSR count). The van der Waals surface area contributed by atoms with Gasteiger partial charge >= 0.3 is 0 Å². The summed E-state index contributed by atoms with van der Waals surface area (Å²) in [7, 11) is 0. The lowest BCUT2D eigenvalue weighted by Crippen LogP contribution is -2.28. The summed E-state index contributed by atoms with van der Waals surface area (Å²) in [5, 5.41) is 28.5. The molecule has 1 unspecified atom stereocenters. The third-order valence-electron chi connectivity index (χ3n) is 1.79. The lowest BCUT2D eigenvalue weighted by molar-refractivity contribution is 0.163. The highest BCUT2D eigenvalue weighted by Crippen LogP contribution is 2.24. The van der Waals surface area contributed by atoms with Gasteiger partial charge < -0.3 is 15.3 Å². The number of nitrogens with one attached hydrogen (secondary N) is 1. The maximum atomic E-state index is 8.62. The topological polar surface area (TPSA) is 82.6 Å². The molecule has 1 atom stereocenters. The van der Waals surface area contributed by atoms with Crippen LogP contribution in [0.4, 0.5) is 0 Å². The molecule has 9 heavy (non-hydrogen) atoms. The minimum absolute atomic E-state index is 0.0267. The van der Waals surface area contributed by atoms with E-state index in [1.165, 1.54) is 0 Å². The monoisotopic (exact) mass is 133 g/mol. The van der Waals surface area contributed by atoms with Crippen LogP contribution in [0.25, 0.3) is 0 Å². The first-order valence-corrected chi connectivity index (χ1v) is 2.89. The second kappa shape index (κ2) is 2.22. The van der Waals surface area contributed by atoms with Crippen molar-refractivity contribution in [2.45, 2.75) is 11.6 Å². The number of hydrogen-bond donors (Lipinski definition) is 4. The van der Waals surface area contributed by atoms with Crippen molar-refractivity contribution in [2.24, 2.45) is 0 Å². The Kier molecular flexibility index (Phi) is 1.72. The molecule has 1 aliphatic rings. The van der Waals surface area contributed by atoms with Crippen molar-refractivity contribution in [3.63, 3.8) is 0 Å². The van der Waals surface area contributed by atoms with E-state index in [1.54, 1.807) is 0 Å². The molecule has 0 aromatic rings. The molecule has 0 bridgehead atoms. The van der Waals surface area contributed by atoms with Crippen LogP contribution in [0.2, 0.25) is 0 Å². The molecule has 0 aliphatic carbocycles. The fourth-order valence-electron chi connectivity index (χ4n) is 0.887. The highest BCUT2D eigenvalue weighted by molar-refractivity contribution is 5.13. The van der Waals surface area contributed by atoms with Gasteiger partial charge in [0.05, 0.1) is 31.4 Å². The van der Waals surface area contributed by atoms with E-state index in [-0.39, 0.29) is 25.9 Å². The molecule has 1 aliphatic heterocycles. The molecule has 4 N–H and O–H groups in total. The Bertz CT molecular complexity index is 102. The maximum Gasteiger partial charge on any atom is 0.0829 e. The van der Waals surface area contributed by atoms with Crippen molar-refractivity contribution < 1.29 is 15.3 Å². The zero-order valence-electron chi connectivity index (χ0n) is 5.04. The molecule has 0 saturated carbocycles. The van der Waals surface area contributed by atoms with Crippen molar-refractivity contribution in [3.8, 4) is 0 Å². The van der Waals surface area contributed by atoms with E-state index in [0.717, 1.165) is 0 Å². The summed E-state index contributed by atoms with van der Waals surface area (Å²) >= 11 is 0. The van der Waals surface area contributed by atoms with Crippen LogP contribution in [0.15, 0.2) is 0 Å². The van der Waals surface area contributed by atoms with Crippen molar-refractivity contribution in [3.05, 3.63) is 0 Å². The fraction of sp³-hybridized carbons (Fsp3) is 1.00. The first-order valence-electron chi connectivity index (χ1n) is 2.89. The predicted molar refractivity (Wildman–Crippen MR) is 30.9 cm³/mol. The zero-order valence-corrected chi connectivity index (χ0v) is 5.04. The Hall–Kier alpha value is -0.160. The molecule has 0 radical (unpaired) electrons. The van der Waals surface area contributed by atoms with E-state index < -0.39 is 5.54 Å². The second-order valence-electron chi connectivity index (χ2n) is 2.35. The van der Waals surface area contributed by atoms with E-state index in [1.807, 2.05) is 0 Å². The van der Waals surface area contributed by atoms with E-state index in [4.69, 9.17) is 15.3 Å². The Balaban J connectivity index is 2.37. The van der Waals surface area contributed by atoms with E-state index in [0.29, 0.717) is 0 Å². The van der Waals surface area contributed by atoms with E-state index in [9.17, 15) is 0 Å². The molecule has 1 heterocycles. The summed E-state index contributed by atoms with van der Waals surface area (Å²) in [4.78, 5) is 0. The zero-order chi connectivity index (χ0) is 6.91. The molecular weight excluding hydrogens is 122 g/mol. The van der Waals surface area contributed by atoms with Gasteiger partial charge in [-0.2, -0.15) is 0 Å². The Morgan fingerprint density at radius 1 is 1.22 bits per heavy atom. The highest BCUT2D eigenvalue weighted by atomic mass is 16.3. The summed E-state index contributed by atoms with van der Waals surface area (Å²) in [6, 6.07) is -0.118. The van der Waals surface area contributed by atoms with Gasteiger partial charge in [-0.05, 0) is 0 Å². The van der Waals surface area contributed by atoms with E-state index >= 15 is 0 Å². The van der Waals surface area contributed by atoms with Crippen LogP contribution >= 0.6 is 0 Å². The Morgan fingerprint density at radius 2 is 1.78 bits per heavy atom. The van der Waals surface area contributed by atoms with Crippen LogP contribution in [0.5, 0.6) is 0 Å². The van der Waals surface area contributed by atoms with Crippen LogP contribution < -0.4 is 5.32 Å². The molecule has 54 valence electrons. The van der Waals surface area contributed by atoms with Crippen LogP contribution in [-0.2, 0) is 0 Å². The third kappa shape index (κ3) is 0.943. The van der Waals surface area contributed by atoms with Gasteiger partial charge in [-0.25, -0.2) is 0 Å². The summed E-state index contributed by atoms with van der Waals surface area (Å²) in [5.74, 6) is 0. The standard InChI is InChI=1S/C5H11NO3/c7-1-4-5(2-8,3-9)6-4/h4,6-9H,1-3H2. The maximum absolute atomic E-state index is 8.62. The molecule has 4 heteroatoms. The van der Waals surface area contributed by atoms with Crippen LogP contribution in [0, 0.1) is 0 Å². The van der Waals surface area contributed by atoms with Gasteiger partial charge in [0.1, 0.15) is 0 Å². The number of hydrogen-bond acceptors (Lipinski definition) is 4. The summed E-state index contributed by atoms with van der Waals surface area (Å²) in [5.41, 5.74) is -0.589. The molecule has 0 spiro atoms. The molecule has 4 nitrogen and oxygen atoms in total. The van der Waals surface area contributed by atoms with Gasteiger partial charge in [0.25, 0.3) is 0 Å². The van der Waals surface area contributed by atoms with Crippen molar-refractivity contribution in [2.75, 3.05) is 19.8 Å². The van der Waals surface area contributed by atoms with Gasteiger partial charge in [-0.3, -0.25) is 5.32 Å². The quantitative estimate of drug-likeness (QED) is 0.325. The molecule has 1 fully saturated rings. The van der Waals surface area contributed by atoms with E-state index in [2.05, 4.69) is 5.32 Å². The largest absolute Gasteiger partial charge is 0.395 e. The summed E-state index contributed by atoms with van der Waals surface area (Å²) in [6.07, 6.45) is 0. The van der Waals surface area contributed by atoms with Gasteiger partial charge in [-0.1, -0.05) is 0 Å². The smallest absolute Gasteiger partial charge is 0.0829 e. The minimum atomic E-state index is -0.589. The first kappa shape index (κ1) is 6.95. The SMILES string of the molecule is OCC1NC1(CO)CO. The van der Waals surface area contributed by atoms with Crippen molar-refractivity contribution >= 4 is 0 Å². The lowest BCUT2D eigenvalue weighted by atomic mass is 10.1. The average molecular weight is 133 g/mol. The van der Waals surface area contributed by atoms with Gasteiger partial charge in [0.15, 0.2) is 0 Å². The molecule has 1 saturated heterocycles. The predicted octanol–water partition coefficient (Wildman–Crippen LogP) is -2.33. The molecular formula is C5H11NO3. The third-order valence-corrected chi connectivity index (χ3v) is 1.79. The molecule has 0 amide bonds. The van der Waals surface area contributed by atoms with Gasteiger partial charge in [0, 0.05) is 0 Å². The summed E-state index contributed by atoms with van der Waals surface area (Å²) in [6.45, 7) is -0.259. The molecule has 0 aromatic heterocycles. The first-order chi connectivity index (χ1) is 4.29. The Morgan fingerprint density at radius 3 is 1.89 bits per heavy atom. The second-order valence-corrected chi connectivity index (χ2v) is 2.35. The fourth-order valence-corrected chi connectivity index (χ4v) is 0.887. The minimum Gasteiger partial charge on any atom is -0.395 e. The average Bonchev–Trinajstić information content (AvgIpc) is 2.63. The molecule has 0 aromatic carbocycles. The van der Waals surface area contributed by atoms with Crippen LogP contribution in [0.3, 0.4) is 0 Å². The van der Waals surface area contributed by atoms with Crippen LogP contribution in [0.1, 0.15) is 0 Å². The van der Waals surface area contributed by atoms with Crippen LogP contribution in [-0.4, -0.2) is 46.7 Å². The number of rotatable bonds is 3. The van der Waals surface area contributed by atoms with Crippen molar-refractivity contribution in [1.82, 2.24) is 5.32 Å². The summed E-state index contributed by atoms with van der Waals surface area (Å²) < 4.78 is 0. The highest BCUT2D eigenvalue weighted by Gasteiger charge is 2.52. The lowest BCUT2D eigenvalue weighted by Gasteiger charge is -2.04. The van der Waals surface area contributed by atoms with Crippen molar-refractivity contribution in [1.29, 1.82) is 0 Å². The normalized spacial score (nSPS) is 30.3.